The van der Waals surface area contributed by atoms with Gasteiger partial charge in [0.1, 0.15) is 5.82 Å². The van der Waals surface area contributed by atoms with Gasteiger partial charge in [-0.05, 0) is 57.9 Å². The smallest absolute Gasteiger partial charge is 0.335 e. The molecule has 3 rings (SSSR count). The van der Waals surface area contributed by atoms with Crippen LogP contribution in [-0.4, -0.2) is 21.0 Å². The van der Waals surface area contributed by atoms with Crippen LogP contribution in [0.25, 0.3) is 22.0 Å². The number of rotatable bonds is 3. The Morgan fingerprint density at radius 2 is 2.04 bits per heavy atom. The van der Waals surface area contributed by atoms with Crippen molar-refractivity contribution < 1.29 is 14.3 Å². The third kappa shape index (κ3) is 3.62. The normalized spacial score (nSPS) is 11.7. The SMILES string of the molecule is O=C(O)c1ccc2c(=O)[nH]c(C(Cl)=Cc3ccc(F)c(Br)c3)nc2c1. The number of hydrogen-bond donors (Lipinski definition) is 2. The summed E-state index contributed by atoms with van der Waals surface area (Å²) in [5.74, 6) is -1.45. The fourth-order valence-corrected chi connectivity index (χ4v) is 2.81. The topological polar surface area (TPSA) is 83.0 Å². The molecule has 0 fully saturated rings. The standard InChI is InChI=1S/C17H9BrClFN2O3/c18-11-5-8(1-4-13(11)20)6-12(19)15-21-14-7-9(17(24)25)2-3-10(14)16(23)22-15/h1-7H,(H,24,25)(H,21,22,23). The van der Waals surface area contributed by atoms with Crippen molar-refractivity contribution >= 4 is 55.5 Å². The summed E-state index contributed by atoms with van der Waals surface area (Å²) in [4.78, 5) is 30.0. The maximum absolute atomic E-state index is 13.3. The van der Waals surface area contributed by atoms with Crippen LogP contribution in [0.5, 0.6) is 0 Å². The fraction of sp³-hybridized carbons (Fsp3) is 0. The fourth-order valence-electron chi connectivity index (χ4n) is 2.20. The molecule has 0 aliphatic heterocycles. The molecule has 0 aliphatic rings. The van der Waals surface area contributed by atoms with Gasteiger partial charge >= 0.3 is 5.97 Å². The molecule has 8 heteroatoms. The monoisotopic (exact) mass is 422 g/mol. The number of nitrogens with zero attached hydrogens (tertiary/aromatic N) is 1. The van der Waals surface area contributed by atoms with Gasteiger partial charge in [-0.1, -0.05) is 17.7 Å². The lowest BCUT2D eigenvalue weighted by atomic mass is 10.1. The highest BCUT2D eigenvalue weighted by molar-refractivity contribution is 9.10. The first kappa shape index (κ1) is 17.3. The third-order valence-corrected chi connectivity index (χ3v) is 4.31. The van der Waals surface area contributed by atoms with E-state index in [0.717, 1.165) is 0 Å². The second-order valence-electron chi connectivity index (χ2n) is 5.12. The largest absolute Gasteiger partial charge is 0.478 e. The summed E-state index contributed by atoms with van der Waals surface area (Å²) in [6.07, 6.45) is 1.51. The predicted molar refractivity (Wildman–Crippen MR) is 97.1 cm³/mol. The van der Waals surface area contributed by atoms with Gasteiger partial charge in [0.05, 0.1) is 26.0 Å². The number of fused-ring (bicyclic) bond motifs is 1. The minimum absolute atomic E-state index is 0.0131. The van der Waals surface area contributed by atoms with E-state index in [2.05, 4.69) is 25.9 Å². The number of nitrogens with one attached hydrogen (secondary N) is 1. The lowest BCUT2D eigenvalue weighted by Crippen LogP contribution is -2.11. The van der Waals surface area contributed by atoms with Crippen LogP contribution in [0.15, 0.2) is 45.7 Å². The Kier molecular flexibility index (Phi) is 4.69. The molecule has 0 atom stereocenters. The van der Waals surface area contributed by atoms with Gasteiger partial charge < -0.3 is 10.1 Å². The van der Waals surface area contributed by atoms with Crippen LogP contribution in [0, 0.1) is 5.82 Å². The van der Waals surface area contributed by atoms with E-state index in [1.807, 2.05) is 0 Å². The molecule has 3 aromatic rings. The highest BCUT2D eigenvalue weighted by Gasteiger charge is 2.10. The molecular formula is C17H9BrClFN2O3. The first-order valence-electron chi connectivity index (χ1n) is 6.95. The van der Waals surface area contributed by atoms with Crippen LogP contribution in [0.2, 0.25) is 0 Å². The molecular weight excluding hydrogens is 415 g/mol. The molecule has 25 heavy (non-hydrogen) atoms. The highest BCUT2D eigenvalue weighted by Crippen LogP contribution is 2.23. The van der Waals surface area contributed by atoms with Gasteiger partial charge in [0, 0.05) is 0 Å². The zero-order valence-corrected chi connectivity index (χ0v) is 14.7. The molecule has 2 N–H and O–H groups in total. The molecule has 1 aromatic heterocycles. The van der Waals surface area contributed by atoms with Gasteiger partial charge in [-0.25, -0.2) is 14.2 Å². The van der Waals surface area contributed by atoms with E-state index in [9.17, 15) is 14.0 Å². The molecule has 1 heterocycles. The number of carboxylic acids is 1. The molecule has 0 saturated carbocycles. The van der Waals surface area contributed by atoms with Gasteiger partial charge in [-0.3, -0.25) is 4.79 Å². The molecule has 5 nitrogen and oxygen atoms in total. The molecule has 0 unspecified atom stereocenters. The van der Waals surface area contributed by atoms with Crippen LogP contribution >= 0.6 is 27.5 Å². The second-order valence-corrected chi connectivity index (χ2v) is 6.38. The number of aromatic nitrogens is 2. The zero-order valence-electron chi connectivity index (χ0n) is 12.4. The maximum Gasteiger partial charge on any atom is 0.335 e. The average molecular weight is 424 g/mol. The van der Waals surface area contributed by atoms with Crippen LogP contribution in [0.1, 0.15) is 21.7 Å². The third-order valence-electron chi connectivity index (χ3n) is 3.42. The number of halogens is 3. The van der Waals surface area contributed by atoms with Crippen LogP contribution < -0.4 is 5.56 Å². The van der Waals surface area contributed by atoms with Crippen molar-refractivity contribution in [3.8, 4) is 0 Å². The first-order valence-corrected chi connectivity index (χ1v) is 8.12. The van der Waals surface area contributed by atoms with Crippen molar-refractivity contribution in [2.24, 2.45) is 0 Å². The minimum Gasteiger partial charge on any atom is -0.478 e. The Labute approximate surface area is 153 Å². The average Bonchev–Trinajstić information content (AvgIpc) is 2.57. The zero-order chi connectivity index (χ0) is 18.1. The van der Waals surface area contributed by atoms with E-state index in [-0.39, 0.29) is 31.8 Å². The van der Waals surface area contributed by atoms with E-state index < -0.39 is 17.3 Å². The Morgan fingerprint density at radius 3 is 2.72 bits per heavy atom. The molecule has 0 bridgehead atoms. The van der Waals surface area contributed by atoms with E-state index in [4.69, 9.17) is 16.7 Å². The highest BCUT2D eigenvalue weighted by atomic mass is 79.9. The van der Waals surface area contributed by atoms with Crippen molar-refractivity contribution in [1.82, 2.24) is 9.97 Å². The summed E-state index contributed by atoms with van der Waals surface area (Å²) in [7, 11) is 0. The number of aromatic amines is 1. The van der Waals surface area contributed by atoms with Gasteiger partial charge in [-0.15, -0.1) is 0 Å². The summed E-state index contributed by atoms with van der Waals surface area (Å²) in [5, 5.41) is 9.42. The van der Waals surface area contributed by atoms with Crippen molar-refractivity contribution in [3.63, 3.8) is 0 Å². The van der Waals surface area contributed by atoms with E-state index in [0.29, 0.717) is 5.56 Å². The molecule has 126 valence electrons. The predicted octanol–water partition coefficient (Wildman–Crippen LogP) is 4.26. The summed E-state index contributed by atoms with van der Waals surface area (Å²) < 4.78 is 13.6. The van der Waals surface area contributed by atoms with Crippen molar-refractivity contribution in [2.75, 3.05) is 0 Å². The Bertz CT molecular complexity index is 1090. The van der Waals surface area contributed by atoms with Gasteiger partial charge in [0.15, 0.2) is 5.82 Å². The first-order chi connectivity index (χ1) is 11.8. The van der Waals surface area contributed by atoms with E-state index >= 15 is 0 Å². The van der Waals surface area contributed by atoms with Crippen LogP contribution in [0.4, 0.5) is 4.39 Å². The summed E-state index contributed by atoms with van der Waals surface area (Å²) in [6.45, 7) is 0. The van der Waals surface area contributed by atoms with Crippen molar-refractivity contribution in [1.29, 1.82) is 0 Å². The van der Waals surface area contributed by atoms with E-state index in [1.54, 1.807) is 0 Å². The lowest BCUT2D eigenvalue weighted by Gasteiger charge is -2.04. The Hall–Kier alpha value is -2.51. The number of carboxylic acid groups (broad SMARTS) is 1. The maximum atomic E-state index is 13.3. The minimum atomic E-state index is -1.12. The van der Waals surface area contributed by atoms with Crippen molar-refractivity contribution in [3.05, 3.63) is 74.0 Å². The Morgan fingerprint density at radius 1 is 1.28 bits per heavy atom. The Balaban J connectivity index is 2.10. The van der Waals surface area contributed by atoms with Gasteiger partial charge in [0.2, 0.25) is 0 Å². The number of aromatic carboxylic acids is 1. The number of carbonyl (C=O) groups is 1. The number of H-pyrrole nitrogens is 1. The molecule has 0 spiro atoms. The number of benzene rings is 2. The number of hydrogen-bond acceptors (Lipinski definition) is 3. The van der Waals surface area contributed by atoms with Crippen LogP contribution in [0.3, 0.4) is 0 Å². The quantitative estimate of drug-likeness (QED) is 0.659. The van der Waals surface area contributed by atoms with Crippen molar-refractivity contribution in [2.45, 2.75) is 0 Å². The van der Waals surface area contributed by atoms with E-state index in [1.165, 1.54) is 42.5 Å². The lowest BCUT2D eigenvalue weighted by molar-refractivity contribution is 0.0697. The second kappa shape index (κ2) is 6.78. The van der Waals surface area contributed by atoms with Gasteiger partial charge in [-0.2, -0.15) is 0 Å². The van der Waals surface area contributed by atoms with Crippen LogP contribution in [-0.2, 0) is 0 Å². The molecule has 0 saturated heterocycles. The summed E-state index contributed by atoms with van der Waals surface area (Å²) in [6, 6.07) is 8.34. The summed E-state index contributed by atoms with van der Waals surface area (Å²) in [5.41, 5.74) is 0.383. The summed E-state index contributed by atoms with van der Waals surface area (Å²) >= 11 is 9.29. The molecule has 0 aliphatic carbocycles. The molecule has 0 radical (unpaired) electrons. The van der Waals surface area contributed by atoms with Gasteiger partial charge in [0.25, 0.3) is 5.56 Å². The molecule has 2 aromatic carbocycles. The molecule has 0 amide bonds.